The minimum atomic E-state index is 0.196. The van der Waals surface area contributed by atoms with Crippen LogP contribution in [0.1, 0.15) is 11.3 Å². The molecule has 0 saturated carbocycles. The van der Waals surface area contributed by atoms with Crippen molar-refractivity contribution in [2.24, 2.45) is 12.0 Å². The number of aromatic hydroxyl groups is 1. The molecule has 0 fully saturated rings. The van der Waals surface area contributed by atoms with Crippen LogP contribution in [-0.4, -0.2) is 15.9 Å². The summed E-state index contributed by atoms with van der Waals surface area (Å²) in [6, 6.07) is 15.3. The third kappa shape index (κ3) is 1.97. The minimum Gasteiger partial charge on any atom is -0.506 e. The average molecular weight is 264 g/mol. The maximum Gasteiger partial charge on any atom is 0.141 e. The lowest BCUT2D eigenvalue weighted by molar-refractivity contribution is 0.477. The molecule has 1 aromatic heterocycles. The second-order valence-electron chi connectivity index (χ2n) is 4.82. The van der Waals surface area contributed by atoms with Crippen LogP contribution in [0, 0.1) is 6.92 Å². The molecule has 100 valence electrons. The van der Waals surface area contributed by atoms with Gasteiger partial charge in [0.2, 0.25) is 0 Å². The van der Waals surface area contributed by atoms with Crippen molar-refractivity contribution in [1.82, 2.24) is 4.57 Å². The molecular weight excluding hydrogens is 248 g/mol. The van der Waals surface area contributed by atoms with Crippen molar-refractivity contribution in [1.29, 1.82) is 0 Å². The zero-order chi connectivity index (χ0) is 14.1. The zero-order valence-electron chi connectivity index (χ0n) is 11.5. The molecule has 2 aromatic carbocycles. The molecule has 3 nitrogen and oxygen atoms in total. The lowest BCUT2D eigenvalue weighted by Crippen LogP contribution is -1.91. The molecule has 0 saturated heterocycles. The van der Waals surface area contributed by atoms with Gasteiger partial charge in [-0.15, -0.1) is 0 Å². The van der Waals surface area contributed by atoms with Crippen LogP contribution in [0.25, 0.3) is 10.9 Å². The number of fused-ring (bicyclic) bond motifs is 1. The number of nitrogens with zero attached hydrogens (tertiary/aromatic N) is 2. The first-order valence-corrected chi connectivity index (χ1v) is 6.54. The molecule has 0 spiro atoms. The van der Waals surface area contributed by atoms with Crippen molar-refractivity contribution in [2.75, 3.05) is 0 Å². The van der Waals surface area contributed by atoms with Crippen molar-refractivity contribution < 1.29 is 5.11 Å². The number of aliphatic imine (C=N–C) groups is 1. The van der Waals surface area contributed by atoms with Gasteiger partial charge in [0.15, 0.2) is 0 Å². The van der Waals surface area contributed by atoms with Crippen molar-refractivity contribution >= 4 is 22.8 Å². The van der Waals surface area contributed by atoms with E-state index < -0.39 is 0 Å². The summed E-state index contributed by atoms with van der Waals surface area (Å²) in [5.41, 5.74) is 4.01. The van der Waals surface area contributed by atoms with Crippen LogP contribution in [0.15, 0.2) is 53.5 Å². The van der Waals surface area contributed by atoms with Gasteiger partial charge in [-0.05, 0) is 25.1 Å². The topological polar surface area (TPSA) is 37.5 Å². The first kappa shape index (κ1) is 12.5. The van der Waals surface area contributed by atoms with Crippen molar-refractivity contribution in [2.45, 2.75) is 6.92 Å². The molecule has 0 atom stereocenters. The predicted molar refractivity (Wildman–Crippen MR) is 83.0 cm³/mol. The zero-order valence-corrected chi connectivity index (χ0v) is 11.5. The lowest BCUT2D eigenvalue weighted by atomic mass is 10.1. The number of phenols is 1. The van der Waals surface area contributed by atoms with Crippen molar-refractivity contribution in [3.63, 3.8) is 0 Å². The van der Waals surface area contributed by atoms with Gasteiger partial charge >= 0.3 is 0 Å². The third-order valence-corrected chi connectivity index (χ3v) is 3.66. The summed E-state index contributed by atoms with van der Waals surface area (Å²) in [4.78, 5) is 4.41. The molecule has 3 aromatic rings. The number of hydrogen-bond donors (Lipinski definition) is 1. The largest absolute Gasteiger partial charge is 0.506 e. The Hall–Kier alpha value is -2.55. The number of phenolic OH excluding ortho intramolecular Hbond substituents is 1. The first-order valence-electron chi connectivity index (χ1n) is 6.54. The predicted octanol–water partition coefficient (Wildman–Crippen LogP) is 3.94. The van der Waals surface area contributed by atoms with E-state index in [1.165, 1.54) is 10.9 Å². The smallest absolute Gasteiger partial charge is 0.141 e. The van der Waals surface area contributed by atoms with Gasteiger partial charge in [-0.1, -0.05) is 30.3 Å². The molecule has 0 amide bonds. The van der Waals surface area contributed by atoms with E-state index in [4.69, 9.17) is 0 Å². The summed E-state index contributed by atoms with van der Waals surface area (Å²) in [6.45, 7) is 2.08. The Labute approximate surface area is 117 Å². The van der Waals surface area contributed by atoms with Gasteiger partial charge < -0.3 is 9.67 Å². The molecule has 20 heavy (non-hydrogen) atoms. The fourth-order valence-corrected chi connectivity index (χ4v) is 2.42. The Kier molecular flexibility index (Phi) is 3.03. The Bertz CT molecular complexity index is 800. The monoisotopic (exact) mass is 264 g/mol. The van der Waals surface area contributed by atoms with Gasteiger partial charge in [-0.3, -0.25) is 4.99 Å². The summed E-state index contributed by atoms with van der Waals surface area (Å²) >= 11 is 0. The van der Waals surface area contributed by atoms with Crippen molar-refractivity contribution in [3.05, 3.63) is 59.8 Å². The van der Waals surface area contributed by atoms with Crippen LogP contribution in [0.2, 0.25) is 0 Å². The molecular formula is C17H16N2O. The highest BCUT2D eigenvalue weighted by Crippen LogP contribution is 2.27. The van der Waals surface area contributed by atoms with Gasteiger partial charge in [0.25, 0.3) is 0 Å². The van der Waals surface area contributed by atoms with Gasteiger partial charge in [-0.25, -0.2) is 0 Å². The van der Waals surface area contributed by atoms with E-state index in [-0.39, 0.29) is 5.75 Å². The highest BCUT2D eigenvalue weighted by atomic mass is 16.3. The van der Waals surface area contributed by atoms with Crippen LogP contribution < -0.4 is 0 Å². The number of aromatic nitrogens is 1. The van der Waals surface area contributed by atoms with E-state index >= 15 is 0 Å². The van der Waals surface area contributed by atoms with E-state index in [0.717, 1.165) is 11.3 Å². The molecule has 3 rings (SSSR count). The molecule has 0 aliphatic rings. The van der Waals surface area contributed by atoms with Crippen LogP contribution in [0.3, 0.4) is 0 Å². The van der Waals surface area contributed by atoms with Crippen LogP contribution in [0.5, 0.6) is 5.75 Å². The first-order chi connectivity index (χ1) is 9.68. The molecule has 0 unspecified atom stereocenters. The van der Waals surface area contributed by atoms with Crippen LogP contribution in [-0.2, 0) is 7.05 Å². The van der Waals surface area contributed by atoms with E-state index in [9.17, 15) is 5.11 Å². The Morgan fingerprint density at radius 3 is 2.55 bits per heavy atom. The quantitative estimate of drug-likeness (QED) is 0.699. The number of hydrogen-bond acceptors (Lipinski definition) is 2. The second-order valence-corrected chi connectivity index (χ2v) is 4.82. The average Bonchev–Trinajstić information content (AvgIpc) is 2.71. The SMILES string of the molecule is Cc1c(C=Nc2ccccc2O)c2ccccc2n1C. The highest BCUT2D eigenvalue weighted by molar-refractivity contribution is 6.01. The number of para-hydroxylation sites is 3. The van der Waals surface area contributed by atoms with Gasteiger partial charge in [0, 0.05) is 35.4 Å². The Morgan fingerprint density at radius 1 is 1.05 bits per heavy atom. The summed E-state index contributed by atoms with van der Waals surface area (Å²) < 4.78 is 2.15. The highest BCUT2D eigenvalue weighted by Gasteiger charge is 2.09. The van der Waals surface area contributed by atoms with Crippen LogP contribution >= 0.6 is 0 Å². The van der Waals surface area contributed by atoms with E-state index in [2.05, 4.69) is 35.7 Å². The molecule has 1 heterocycles. The summed E-state index contributed by atoms with van der Waals surface area (Å²) in [6.07, 6.45) is 1.83. The van der Waals surface area contributed by atoms with Gasteiger partial charge in [0.05, 0.1) is 0 Å². The van der Waals surface area contributed by atoms with Crippen molar-refractivity contribution in [3.8, 4) is 5.75 Å². The summed E-state index contributed by atoms with van der Waals surface area (Å²) in [7, 11) is 2.05. The molecule has 1 N–H and O–H groups in total. The normalized spacial score (nSPS) is 11.5. The van der Waals surface area contributed by atoms with Gasteiger partial charge in [-0.2, -0.15) is 0 Å². The molecule has 0 radical (unpaired) electrons. The van der Waals surface area contributed by atoms with E-state index in [1.807, 2.05) is 24.4 Å². The van der Waals surface area contributed by atoms with Gasteiger partial charge in [0.1, 0.15) is 11.4 Å². The summed E-state index contributed by atoms with van der Waals surface area (Å²) in [5, 5.41) is 10.9. The summed E-state index contributed by atoms with van der Waals surface area (Å²) in [5.74, 6) is 0.196. The maximum atomic E-state index is 9.76. The van der Waals surface area contributed by atoms with Crippen LogP contribution in [0.4, 0.5) is 5.69 Å². The number of rotatable bonds is 2. The number of aryl methyl sites for hydroxylation is 1. The molecule has 0 aliphatic heterocycles. The lowest BCUT2D eigenvalue weighted by Gasteiger charge is -1.98. The minimum absolute atomic E-state index is 0.196. The molecule has 0 bridgehead atoms. The standard InChI is InChI=1S/C17H16N2O/c1-12-14(11-18-15-8-4-6-10-17(15)20)13-7-3-5-9-16(13)19(12)2/h3-11,20H,1-2H3. The Balaban J connectivity index is 2.12. The number of benzene rings is 2. The van der Waals surface area contributed by atoms with E-state index in [0.29, 0.717) is 5.69 Å². The molecule has 3 heteroatoms. The second kappa shape index (κ2) is 4.85. The maximum absolute atomic E-state index is 9.76. The fourth-order valence-electron chi connectivity index (χ4n) is 2.42. The fraction of sp³-hybridized carbons (Fsp3) is 0.118. The van der Waals surface area contributed by atoms with E-state index in [1.54, 1.807) is 18.2 Å². The molecule has 0 aliphatic carbocycles. The third-order valence-electron chi connectivity index (χ3n) is 3.66. The Morgan fingerprint density at radius 2 is 1.75 bits per heavy atom.